The summed E-state index contributed by atoms with van der Waals surface area (Å²) < 4.78 is 35.0. The average molecular weight is 679 g/mol. The number of rotatable bonds is 10. The number of sulfonamides is 1. The number of aromatic nitrogens is 4. The van der Waals surface area contributed by atoms with Crippen LogP contribution < -0.4 is 10.6 Å². The van der Waals surface area contributed by atoms with Gasteiger partial charge in [0.1, 0.15) is 0 Å². The molecule has 0 radical (unpaired) electrons. The maximum atomic E-state index is 12.9. The number of amides is 2. The summed E-state index contributed by atoms with van der Waals surface area (Å²) in [6.45, 7) is 1.33. The molecule has 4 aromatic rings. The van der Waals surface area contributed by atoms with E-state index in [-0.39, 0.29) is 23.1 Å². The first-order valence-electron chi connectivity index (χ1n) is 12.3. The quantitative estimate of drug-likeness (QED) is 0.242. The van der Waals surface area contributed by atoms with E-state index in [1.165, 1.54) is 51.7 Å². The Morgan fingerprint density at radius 1 is 1.05 bits per heavy atom. The Morgan fingerprint density at radius 3 is 2.46 bits per heavy atom. The second kappa shape index (κ2) is 13.2. The number of thiazole rings is 1. The van der Waals surface area contributed by atoms with E-state index in [4.69, 9.17) is 4.74 Å². The van der Waals surface area contributed by atoms with Crippen molar-refractivity contribution in [1.29, 1.82) is 0 Å². The third-order valence-corrected chi connectivity index (χ3v) is 9.99. The molecule has 16 heteroatoms. The minimum atomic E-state index is -3.66. The summed E-state index contributed by atoms with van der Waals surface area (Å²) in [4.78, 5) is 29.5. The van der Waals surface area contributed by atoms with Gasteiger partial charge in [-0.3, -0.25) is 14.2 Å². The van der Waals surface area contributed by atoms with Gasteiger partial charge in [-0.05, 0) is 48.5 Å². The number of thioether (sulfide) groups is 1. The van der Waals surface area contributed by atoms with Crippen LogP contribution in [0.1, 0.15) is 16.2 Å². The van der Waals surface area contributed by atoms with Crippen molar-refractivity contribution in [3.05, 3.63) is 76.0 Å². The lowest BCUT2D eigenvalue weighted by molar-refractivity contribution is -0.113. The van der Waals surface area contributed by atoms with Crippen LogP contribution in [0.2, 0.25) is 0 Å². The molecule has 5 rings (SSSR count). The fraction of sp³-hybridized carbons (Fsp3) is 0.240. The Morgan fingerprint density at radius 2 is 1.78 bits per heavy atom. The molecule has 3 heterocycles. The number of nitrogens with one attached hydrogen (secondary N) is 2. The fourth-order valence-electron chi connectivity index (χ4n) is 3.90. The minimum Gasteiger partial charge on any atom is -0.379 e. The van der Waals surface area contributed by atoms with Gasteiger partial charge in [-0.25, -0.2) is 13.4 Å². The van der Waals surface area contributed by atoms with Crippen molar-refractivity contribution in [1.82, 2.24) is 29.4 Å². The zero-order valence-electron chi connectivity index (χ0n) is 21.4. The standard InChI is InChI=1S/C25H24BrN7O5S3/c26-18-3-5-19(6-4-18)33-21(30-31-25(33)40-16-22(34)29-24-27-9-14-39-24)15-28-23(35)17-1-7-20(8-2-17)41(36,37)32-10-12-38-13-11-32/h1-9,14H,10-13,15-16H2,(H,28,35)(H,27,29,34). The lowest BCUT2D eigenvalue weighted by Crippen LogP contribution is -2.40. The molecule has 1 saturated heterocycles. The lowest BCUT2D eigenvalue weighted by Gasteiger charge is -2.26. The molecule has 0 atom stereocenters. The predicted octanol–water partition coefficient (Wildman–Crippen LogP) is 3.17. The van der Waals surface area contributed by atoms with E-state index in [0.717, 1.165) is 10.2 Å². The van der Waals surface area contributed by atoms with Crippen LogP contribution in [0.25, 0.3) is 5.69 Å². The summed E-state index contributed by atoms with van der Waals surface area (Å²) in [6.07, 6.45) is 1.61. The van der Waals surface area contributed by atoms with E-state index in [0.29, 0.717) is 48.0 Å². The molecule has 0 aliphatic carbocycles. The molecule has 0 spiro atoms. The first kappa shape index (κ1) is 29.3. The van der Waals surface area contributed by atoms with E-state index < -0.39 is 15.9 Å². The fourth-order valence-corrected chi connectivity index (χ4v) is 6.89. The predicted molar refractivity (Wildman–Crippen MR) is 158 cm³/mol. The largest absolute Gasteiger partial charge is 0.379 e. The van der Waals surface area contributed by atoms with Crippen molar-refractivity contribution in [2.75, 3.05) is 37.4 Å². The van der Waals surface area contributed by atoms with Gasteiger partial charge in [0.25, 0.3) is 5.91 Å². The molecular weight excluding hydrogens is 654 g/mol. The highest BCUT2D eigenvalue weighted by Crippen LogP contribution is 2.24. The van der Waals surface area contributed by atoms with Crippen LogP contribution in [0.5, 0.6) is 0 Å². The van der Waals surface area contributed by atoms with E-state index >= 15 is 0 Å². The highest BCUT2D eigenvalue weighted by atomic mass is 79.9. The van der Waals surface area contributed by atoms with Crippen molar-refractivity contribution in [2.45, 2.75) is 16.6 Å². The molecule has 1 aliphatic rings. The van der Waals surface area contributed by atoms with E-state index in [1.807, 2.05) is 24.3 Å². The van der Waals surface area contributed by atoms with E-state index in [2.05, 4.69) is 41.7 Å². The molecule has 12 nitrogen and oxygen atoms in total. The molecule has 1 fully saturated rings. The van der Waals surface area contributed by atoms with Crippen LogP contribution in [0.15, 0.2) is 74.6 Å². The topological polar surface area (TPSA) is 148 Å². The summed E-state index contributed by atoms with van der Waals surface area (Å²) in [5.74, 6) is -0.0951. The maximum Gasteiger partial charge on any atom is 0.251 e. The number of nitrogens with zero attached hydrogens (tertiary/aromatic N) is 5. The van der Waals surface area contributed by atoms with Crippen molar-refractivity contribution in [2.24, 2.45) is 0 Å². The highest BCUT2D eigenvalue weighted by molar-refractivity contribution is 9.10. The molecule has 214 valence electrons. The van der Waals surface area contributed by atoms with Gasteiger partial charge in [0.2, 0.25) is 15.9 Å². The SMILES string of the molecule is O=C(CSc1nnc(CNC(=O)c2ccc(S(=O)(=O)N3CCOCC3)cc2)n1-c1ccc(Br)cc1)Nc1nccs1. The first-order valence-corrected chi connectivity index (χ1v) is 16.4. The van der Waals surface area contributed by atoms with Crippen LogP contribution in [-0.4, -0.2) is 76.3 Å². The molecule has 0 unspecified atom stereocenters. The van der Waals surface area contributed by atoms with Gasteiger partial charge >= 0.3 is 0 Å². The Labute approximate surface area is 252 Å². The zero-order valence-corrected chi connectivity index (χ0v) is 25.4. The lowest BCUT2D eigenvalue weighted by atomic mass is 10.2. The Kier molecular flexibility index (Phi) is 9.46. The minimum absolute atomic E-state index is 0.0433. The average Bonchev–Trinajstić information content (AvgIpc) is 3.65. The molecule has 2 N–H and O–H groups in total. The summed E-state index contributed by atoms with van der Waals surface area (Å²) in [5.41, 5.74) is 1.05. The van der Waals surface area contributed by atoms with Crippen molar-refractivity contribution in [3.63, 3.8) is 0 Å². The highest BCUT2D eigenvalue weighted by Gasteiger charge is 2.26. The summed E-state index contributed by atoms with van der Waals surface area (Å²) in [6, 6.07) is 13.3. The van der Waals surface area contributed by atoms with Gasteiger partial charge < -0.3 is 15.4 Å². The number of hydrogen-bond donors (Lipinski definition) is 2. The van der Waals surface area contributed by atoms with E-state index in [1.54, 1.807) is 16.1 Å². The van der Waals surface area contributed by atoms with Crippen LogP contribution in [0.3, 0.4) is 0 Å². The van der Waals surface area contributed by atoms with Crippen molar-refractivity contribution < 1.29 is 22.7 Å². The molecule has 0 saturated carbocycles. The number of ether oxygens (including phenoxy) is 1. The maximum absolute atomic E-state index is 12.9. The van der Waals surface area contributed by atoms with Gasteiger partial charge in [0.05, 0.1) is 30.4 Å². The summed E-state index contributed by atoms with van der Waals surface area (Å²) >= 11 is 5.96. The second-order valence-electron chi connectivity index (χ2n) is 8.61. The second-order valence-corrected chi connectivity index (χ2v) is 13.3. The van der Waals surface area contributed by atoms with Crippen molar-refractivity contribution in [3.8, 4) is 5.69 Å². The Balaban J connectivity index is 1.27. The van der Waals surface area contributed by atoms with Gasteiger partial charge in [-0.15, -0.1) is 21.5 Å². The molecular formula is C25H24BrN7O5S3. The van der Waals surface area contributed by atoms with Crippen LogP contribution in [-0.2, 0) is 26.1 Å². The molecule has 2 amide bonds. The molecule has 2 aromatic heterocycles. The van der Waals surface area contributed by atoms with E-state index in [9.17, 15) is 18.0 Å². The number of carbonyl (C=O) groups excluding carboxylic acids is 2. The van der Waals surface area contributed by atoms with Crippen LogP contribution in [0.4, 0.5) is 5.13 Å². The molecule has 0 bridgehead atoms. The van der Waals surface area contributed by atoms with Crippen LogP contribution >= 0.6 is 39.0 Å². The molecule has 2 aromatic carbocycles. The number of halogens is 1. The van der Waals surface area contributed by atoms with Gasteiger partial charge in [0, 0.05) is 40.4 Å². The van der Waals surface area contributed by atoms with Gasteiger partial charge in [-0.1, -0.05) is 27.7 Å². The van der Waals surface area contributed by atoms with Crippen LogP contribution in [0, 0.1) is 0 Å². The third kappa shape index (κ3) is 7.20. The summed E-state index contributed by atoms with van der Waals surface area (Å²) in [5, 5.41) is 16.8. The zero-order chi connectivity index (χ0) is 28.8. The van der Waals surface area contributed by atoms with Gasteiger partial charge in [0.15, 0.2) is 16.1 Å². The molecule has 41 heavy (non-hydrogen) atoms. The number of morpholine rings is 1. The Bertz CT molecular complexity index is 1610. The Hall–Kier alpha value is -3.15. The summed E-state index contributed by atoms with van der Waals surface area (Å²) in [7, 11) is -3.66. The number of carbonyl (C=O) groups is 2. The number of hydrogen-bond acceptors (Lipinski definition) is 10. The molecule has 1 aliphatic heterocycles. The number of benzene rings is 2. The third-order valence-electron chi connectivity index (χ3n) is 5.93. The monoisotopic (exact) mass is 677 g/mol. The number of anilines is 1. The normalized spacial score (nSPS) is 14.1. The van der Waals surface area contributed by atoms with Crippen molar-refractivity contribution >= 4 is 66.0 Å². The van der Waals surface area contributed by atoms with Gasteiger partial charge in [-0.2, -0.15) is 4.31 Å². The first-order chi connectivity index (χ1) is 19.8. The smallest absolute Gasteiger partial charge is 0.251 e.